The molecule has 0 spiro atoms. The van der Waals surface area contributed by atoms with Gasteiger partial charge in [0.1, 0.15) is 0 Å². The van der Waals surface area contributed by atoms with Crippen LogP contribution in [-0.4, -0.2) is 67.5 Å². The summed E-state index contributed by atoms with van der Waals surface area (Å²) in [6.45, 7) is 4.05. The van der Waals surface area contributed by atoms with E-state index < -0.39 is 21.8 Å². The first-order valence-corrected chi connectivity index (χ1v) is 7.71. The Balaban J connectivity index is 2.70. The Labute approximate surface area is 112 Å². The van der Waals surface area contributed by atoms with E-state index >= 15 is 0 Å². The fourth-order valence-corrected chi connectivity index (χ4v) is 3.49. The zero-order chi connectivity index (χ0) is 14.5. The van der Waals surface area contributed by atoms with E-state index in [2.05, 4.69) is 11.9 Å². The lowest BCUT2D eigenvalue weighted by atomic mass is 10.2. The predicted molar refractivity (Wildman–Crippen MR) is 69.5 cm³/mol. The van der Waals surface area contributed by atoms with Gasteiger partial charge in [-0.25, -0.2) is 8.42 Å². The Kier molecular flexibility index (Phi) is 5.49. The van der Waals surface area contributed by atoms with E-state index in [1.165, 1.54) is 4.90 Å². The molecule has 0 saturated carbocycles. The normalized spacial score (nSPS) is 21.9. The second kappa shape index (κ2) is 6.67. The molecule has 1 unspecified atom stereocenters. The molecule has 0 aromatic carbocycles. The van der Waals surface area contributed by atoms with Crippen molar-refractivity contribution in [1.29, 1.82) is 0 Å². The molecule has 1 aliphatic rings. The van der Waals surface area contributed by atoms with Crippen molar-refractivity contribution in [3.63, 3.8) is 0 Å². The number of rotatable bonds is 6. The molecule has 1 heterocycles. The van der Waals surface area contributed by atoms with Crippen LogP contribution in [0.5, 0.6) is 0 Å². The molecule has 7 nitrogen and oxygen atoms in total. The van der Waals surface area contributed by atoms with Gasteiger partial charge >= 0.3 is 5.97 Å². The summed E-state index contributed by atoms with van der Waals surface area (Å²) in [6.07, 6.45) is 1.25. The smallest absolute Gasteiger partial charge is 0.305 e. The van der Waals surface area contributed by atoms with Crippen molar-refractivity contribution in [3.05, 3.63) is 12.7 Å². The van der Waals surface area contributed by atoms with Gasteiger partial charge in [-0.2, -0.15) is 0 Å². The lowest BCUT2D eigenvalue weighted by Crippen LogP contribution is -2.54. The maximum absolute atomic E-state index is 11.9. The summed E-state index contributed by atoms with van der Waals surface area (Å²) in [5.41, 5.74) is 0. The summed E-state index contributed by atoms with van der Waals surface area (Å²) >= 11 is 0. The first-order chi connectivity index (χ1) is 8.85. The van der Waals surface area contributed by atoms with Crippen molar-refractivity contribution in [2.75, 3.05) is 31.1 Å². The highest BCUT2D eigenvalue weighted by Crippen LogP contribution is 2.15. The molecular weight excluding hydrogens is 272 g/mol. The number of aliphatic carboxylic acids is 1. The van der Waals surface area contributed by atoms with E-state index in [-0.39, 0.29) is 36.9 Å². The fraction of sp³-hybridized carbons (Fsp3) is 0.636. The summed E-state index contributed by atoms with van der Waals surface area (Å²) in [5, 5.41) is 11.6. The number of carbonyl (C=O) groups excluding carboxylic acids is 1. The lowest BCUT2D eigenvalue weighted by molar-refractivity contribution is -0.140. The summed E-state index contributed by atoms with van der Waals surface area (Å²) in [7, 11) is -3.26. The quantitative estimate of drug-likeness (QED) is 0.473. The van der Waals surface area contributed by atoms with Crippen molar-refractivity contribution in [2.24, 2.45) is 0 Å². The van der Waals surface area contributed by atoms with Gasteiger partial charge < -0.3 is 15.3 Å². The third kappa shape index (κ3) is 4.99. The second-order valence-corrected chi connectivity index (χ2v) is 6.60. The summed E-state index contributed by atoms with van der Waals surface area (Å²) in [4.78, 5) is 24.0. The van der Waals surface area contributed by atoms with Gasteiger partial charge in [-0.05, 0) is 0 Å². The molecule has 1 amide bonds. The Bertz CT molecular complexity index is 460. The van der Waals surface area contributed by atoms with Crippen molar-refractivity contribution < 1.29 is 23.1 Å². The third-order valence-corrected chi connectivity index (χ3v) is 4.52. The van der Waals surface area contributed by atoms with Gasteiger partial charge in [0.2, 0.25) is 5.91 Å². The molecule has 0 radical (unpaired) electrons. The van der Waals surface area contributed by atoms with E-state index in [1.54, 1.807) is 6.08 Å². The van der Waals surface area contributed by atoms with Crippen molar-refractivity contribution >= 4 is 21.7 Å². The standard InChI is InChI=1S/C11H18N2O5S/c1-2-3-12-7-10(14)13-4-5-19(17,18)8-9(13)6-11(15)16/h2,9,12H,1,3-8H2,(H,15,16). The average molecular weight is 290 g/mol. The van der Waals surface area contributed by atoms with Gasteiger partial charge in [0.15, 0.2) is 9.84 Å². The number of carbonyl (C=O) groups is 2. The molecule has 1 fully saturated rings. The SMILES string of the molecule is C=CCNCC(=O)N1CCS(=O)(=O)CC1CC(=O)O. The molecule has 1 atom stereocenters. The van der Waals surface area contributed by atoms with Crippen LogP contribution in [0.4, 0.5) is 0 Å². The van der Waals surface area contributed by atoms with Crippen LogP contribution in [0, 0.1) is 0 Å². The molecule has 1 rings (SSSR count). The van der Waals surface area contributed by atoms with Gasteiger partial charge in [-0.1, -0.05) is 6.08 Å². The van der Waals surface area contributed by atoms with Gasteiger partial charge in [-0.3, -0.25) is 9.59 Å². The number of nitrogens with zero attached hydrogens (tertiary/aromatic N) is 1. The van der Waals surface area contributed by atoms with Gasteiger partial charge in [0.25, 0.3) is 0 Å². The summed E-state index contributed by atoms with van der Waals surface area (Å²) < 4.78 is 23.0. The van der Waals surface area contributed by atoms with Crippen LogP contribution >= 0.6 is 0 Å². The highest BCUT2D eigenvalue weighted by atomic mass is 32.2. The van der Waals surface area contributed by atoms with Crippen molar-refractivity contribution in [1.82, 2.24) is 10.2 Å². The third-order valence-electron chi connectivity index (χ3n) is 2.83. The van der Waals surface area contributed by atoms with Crippen LogP contribution < -0.4 is 5.32 Å². The van der Waals surface area contributed by atoms with Crippen LogP contribution in [0.1, 0.15) is 6.42 Å². The molecule has 1 saturated heterocycles. The first-order valence-electron chi connectivity index (χ1n) is 5.89. The van der Waals surface area contributed by atoms with Crippen LogP contribution in [0.15, 0.2) is 12.7 Å². The molecule has 8 heteroatoms. The molecule has 0 bridgehead atoms. The lowest BCUT2D eigenvalue weighted by Gasteiger charge is -2.34. The van der Waals surface area contributed by atoms with E-state index in [0.717, 1.165) is 0 Å². The summed E-state index contributed by atoms with van der Waals surface area (Å²) in [5.74, 6) is -1.80. The number of carboxylic acids is 1. The predicted octanol–water partition coefficient (Wildman–Crippen LogP) is -1.14. The number of nitrogens with one attached hydrogen (secondary N) is 1. The van der Waals surface area contributed by atoms with Crippen LogP contribution in [0.25, 0.3) is 0 Å². The molecule has 0 aromatic heterocycles. The Morgan fingerprint density at radius 1 is 1.47 bits per heavy atom. The maximum atomic E-state index is 11.9. The van der Waals surface area contributed by atoms with Gasteiger partial charge in [0, 0.05) is 13.1 Å². The van der Waals surface area contributed by atoms with Crippen molar-refractivity contribution in [2.45, 2.75) is 12.5 Å². The fourth-order valence-electron chi connectivity index (χ4n) is 1.97. The number of amides is 1. The molecule has 0 aromatic rings. The average Bonchev–Trinajstić information content (AvgIpc) is 2.27. The minimum atomic E-state index is -3.26. The molecule has 19 heavy (non-hydrogen) atoms. The zero-order valence-electron chi connectivity index (χ0n) is 10.5. The topological polar surface area (TPSA) is 104 Å². The van der Waals surface area contributed by atoms with Crippen LogP contribution in [0.2, 0.25) is 0 Å². The highest BCUT2D eigenvalue weighted by Gasteiger charge is 2.34. The largest absolute Gasteiger partial charge is 0.481 e. The van der Waals surface area contributed by atoms with Crippen LogP contribution in [0.3, 0.4) is 0 Å². The number of hydrogen-bond acceptors (Lipinski definition) is 5. The zero-order valence-corrected chi connectivity index (χ0v) is 11.4. The van der Waals surface area contributed by atoms with E-state index in [1.807, 2.05) is 0 Å². The van der Waals surface area contributed by atoms with E-state index in [4.69, 9.17) is 5.11 Å². The van der Waals surface area contributed by atoms with Crippen molar-refractivity contribution in [3.8, 4) is 0 Å². The molecule has 0 aliphatic carbocycles. The monoisotopic (exact) mass is 290 g/mol. The Morgan fingerprint density at radius 2 is 2.16 bits per heavy atom. The van der Waals surface area contributed by atoms with Gasteiger partial charge in [-0.15, -0.1) is 6.58 Å². The minimum absolute atomic E-state index is 0.0438. The number of hydrogen-bond donors (Lipinski definition) is 2. The second-order valence-electron chi connectivity index (χ2n) is 4.37. The van der Waals surface area contributed by atoms with E-state index in [9.17, 15) is 18.0 Å². The summed E-state index contributed by atoms with van der Waals surface area (Å²) in [6, 6.07) is -0.783. The molecule has 1 aliphatic heterocycles. The van der Waals surface area contributed by atoms with Crippen LogP contribution in [-0.2, 0) is 19.4 Å². The van der Waals surface area contributed by atoms with E-state index in [0.29, 0.717) is 6.54 Å². The first kappa shape index (κ1) is 15.6. The Morgan fingerprint density at radius 3 is 2.74 bits per heavy atom. The molecule has 108 valence electrons. The molecule has 2 N–H and O–H groups in total. The highest BCUT2D eigenvalue weighted by molar-refractivity contribution is 7.91. The number of carboxylic acid groups (broad SMARTS) is 1. The number of sulfone groups is 1. The molecular formula is C11H18N2O5S. The minimum Gasteiger partial charge on any atom is -0.481 e. The van der Waals surface area contributed by atoms with Gasteiger partial charge in [0.05, 0.1) is 30.5 Å². The maximum Gasteiger partial charge on any atom is 0.305 e. The Hall–Kier alpha value is -1.41.